The molecule has 1 heterocycles. The Labute approximate surface area is 139 Å². The van der Waals surface area contributed by atoms with Crippen molar-refractivity contribution in [1.82, 2.24) is 4.98 Å². The zero-order chi connectivity index (χ0) is 17.4. The summed E-state index contributed by atoms with van der Waals surface area (Å²) in [4.78, 5) is 4.23. The van der Waals surface area contributed by atoms with E-state index in [2.05, 4.69) is 4.98 Å². The van der Waals surface area contributed by atoms with Gasteiger partial charge >= 0.3 is 6.18 Å². The second-order valence-electron chi connectivity index (χ2n) is 6.59. The fourth-order valence-corrected chi connectivity index (χ4v) is 3.68. The van der Waals surface area contributed by atoms with Crippen LogP contribution in [-0.2, 0) is 6.18 Å². The van der Waals surface area contributed by atoms with E-state index < -0.39 is 23.3 Å². The van der Waals surface area contributed by atoms with Crippen molar-refractivity contribution in [1.29, 1.82) is 0 Å². The van der Waals surface area contributed by atoms with Crippen LogP contribution in [0.5, 0.6) is 0 Å². The van der Waals surface area contributed by atoms with Gasteiger partial charge in [-0.15, -0.1) is 0 Å². The third kappa shape index (κ3) is 2.93. The summed E-state index contributed by atoms with van der Waals surface area (Å²) in [7, 11) is 0. The standard InChI is InChI=1S/C19H20F3NO/c1-13(14-6-4-7-15(12-14)19(20,21)22)18(9-5-10-18)17(24)16-8-2-3-11-23-16/h2-4,6-8,11-13,17,24H,5,9-10H2,1H3. The molecule has 0 saturated heterocycles. The van der Waals surface area contributed by atoms with Crippen molar-refractivity contribution in [3.05, 3.63) is 65.5 Å². The summed E-state index contributed by atoms with van der Waals surface area (Å²) < 4.78 is 39.0. The Morgan fingerprint density at radius 2 is 1.88 bits per heavy atom. The van der Waals surface area contributed by atoms with Crippen LogP contribution in [0.4, 0.5) is 13.2 Å². The van der Waals surface area contributed by atoms with Gasteiger partial charge in [-0.3, -0.25) is 4.98 Å². The molecule has 2 unspecified atom stereocenters. The molecule has 5 heteroatoms. The average Bonchev–Trinajstić information content (AvgIpc) is 2.54. The van der Waals surface area contributed by atoms with Crippen LogP contribution in [0.2, 0.25) is 0 Å². The highest BCUT2D eigenvalue weighted by atomic mass is 19.4. The van der Waals surface area contributed by atoms with E-state index >= 15 is 0 Å². The third-order valence-corrected chi connectivity index (χ3v) is 5.37. The summed E-state index contributed by atoms with van der Waals surface area (Å²) in [5.41, 5.74) is 0.0858. The lowest BCUT2D eigenvalue weighted by Crippen LogP contribution is -2.41. The molecule has 2 aromatic rings. The Morgan fingerprint density at radius 3 is 2.42 bits per heavy atom. The maximum Gasteiger partial charge on any atom is 0.416 e. The van der Waals surface area contributed by atoms with Crippen LogP contribution in [0.15, 0.2) is 48.7 Å². The second-order valence-corrected chi connectivity index (χ2v) is 6.59. The maximum atomic E-state index is 13.0. The number of benzene rings is 1. The molecular formula is C19H20F3NO. The van der Waals surface area contributed by atoms with Crippen molar-refractivity contribution in [3.63, 3.8) is 0 Å². The first kappa shape index (κ1) is 17.0. The van der Waals surface area contributed by atoms with Crippen LogP contribution in [0.1, 0.15) is 55.0 Å². The smallest absolute Gasteiger partial charge is 0.386 e. The van der Waals surface area contributed by atoms with Gasteiger partial charge < -0.3 is 5.11 Å². The molecule has 0 aliphatic heterocycles. The molecule has 2 atom stereocenters. The van der Waals surface area contributed by atoms with Crippen molar-refractivity contribution < 1.29 is 18.3 Å². The molecule has 0 radical (unpaired) electrons. The second kappa shape index (κ2) is 6.20. The van der Waals surface area contributed by atoms with Gasteiger partial charge in [0.05, 0.1) is 11.3 Å². The van der Waals surface area contributed by atoms with Gasteiger partial charge in [0.15, 0.2) is 0 Å². The summed E-state index contributed by atoms with van der Waals surface area (Å²) in [5, 5.41) is 10.9. The molecule has 0 amide bonds. The highest BCUT2D eigenvalue weighted by molar-refractivity contribution is 5.31. The van der Waals surface area contributed by atoms with E-state index in [1.807, 2.05) is 13.0 Å². The van der Waals surface area contributed by atoms with Gasteiger partial charge in [-0.2, -0.15) is 13.2 Å². The molecule has 0 bridgehead atoms. The van der Waals surface area contributed by atoms with Gasteiger partial charge in [-0.1, -0.05) is 37.6 Å². The Hall–Kier alpha value is -1.88. The molecular weight excluding hydrogens is 315 g/mol. The Bertz CT molecular complexity index is 695. The molecule has 1 aromatic carbocycles. The topological polar surface area (TPSA) is 33.1 Å². The van der Waals surface area contributed by atoms with Crippen LogP contribution in [0, 0.1) is 5.41 Å². The van der Waals surface area contributed by atoms with Crippen LogP contribution >= 0.6 is 0 Å². The predicted molar refractivity (Wildman–Crippen MR) is 85.3 cm³/mol. The number of hydrogen-bond acceptors (Lipinski definition) is 2. The number of aliphatic hydroxyl groups is 1. The number of halogens is 3. The first-order valence-corrected chi connectivity index (χ1v) is 8.11. The van der Waals surface area contributed by atoms with Crippen LogP contribution in [-0.4, -0.2) is 10.1 Å². The predicted octanol–water partition coefficient (Wildman–Crippen LogP) is 5.11. The minimum absolute atomic E-state index is 0.189. The number of hydrogen-bond donors (Lipinski definition) is 1. The van der Waals surface area contributed by atoms with Crippen LogP contribution in [0.25, 0.3) is 0 Å². The van der Waals surface area contributed by atoms with Crippen molar-refractivity contribution in [2.45, 2.75) is 44.4 Å². The molecule has 1 N–H and O–H groups in total. The van der Waals surface area contributed by atoms with Gasteiger partial charge in [0.25, 0.3) is 0 Å². The van der Waals surface area contributed by atoms with Gasteiger partial charge in [0, 0.05) is 11.6 Å². The fraction of sp³-hybridized carbons (Fsp3) is 0.421. The van der Waals surface area contributed by atoms with Crippen molar-refractivity contribution in [3.8, 4) is 0 Å². The largest absolute Gasteiger partial charge is 0.416 e. The van der Waals surface area contributed by atoms with E-state index in [1.54, 1.807) is 24.4 Å². The first-order valence-electron chi connectivity index (χ1n) is 8.11. The van der Waals surface area contributed by atoms with Gasteiger partial charge in [-0.05, 0) is 42.5 Å². The summed E-state index contributed by atoms with van der Waals surface area (Å²) >= 11 is 0. The van der Waals surface area contributed by atoms with Gasteiger partial charge in [0.1, 0.15) is 6.10 Å². The number of aliphatic hydroxyl groups excluding tert-OH is 1. The summed E-state index contributed by atoms with van der Waals surface area (Å²) in [6.45, 7) is 1.90. The zero-order valence-electron chi connectivity index (χ0n) is 13.4. The molecule has 1 aliphatic carbocycles. The number of pyridine rings is 1. The highest BCUT2D eigenvalue weighted by Gasteiger charge is 2.49. The Kier molecular flexibility index (Phi) is 4.38. The molecule has 0 spiro atoms. The molecule has 1 aliphatic rings. The lowest BCUT2D eigenvalue weighted by molar-refractivity contribution is -0.137. The van der Waals surface area contributed by atoms with E-state index in [-0.39, 0.29) is 5.92 Å². The van der Waals surface area contributed by atoms with E-state index in [9.17, 15) is 18.3 Å². The normalized spacial score (nSPS) is 19.4. The minimum Gasteiger partial charge on any atom is -0.386 e. The third-order valence-electron chi connectivity index (χ3n) is 5.37. The number of aromatic nitrogens is 1. The molecule has 3 rings (SSSR count). The number of rotatable bonds is 4. The summed E-state index contributed by atoms with van der Waals surface area (Å²) in [5.74, 6) is -0.189. The molecule has 1 saturated carbocycles. The Balaban J connectivity index is 1.94. The number of alkyl halides is 3. The van der Waals surface area contributed by atoms with Gasteiger partial charge in [-0.25, -0.2) is 0 Å². The van der Waals surface area contributed by atoms with E-state index in [1.165, 1.54) is 12.1 Å². The minimum atomic E-state index is -4.36. The average molecular weight is 335 g/mol. The molecule has 1 aromatic heterocycles. The quantitative estimate of drug-likeness (QED) is 0.842. The lowest BCUT2D eigenvalue weighted by atomic mass is 9.56. The lowest BCUT2D eigenvalue weighted by Gasteiger charge is -2.50. The highest BCUT2D eigenvalue weighted by Crippen LogP contribution is 2.58. The molecule has 24 heavy (non-hydrogen) atoms. The first-order chi connectivity index (χ1) is 11.3. The SMILES string of the molecule is CC(c1cccc(C(F)(F)F)c1)C1(C(O)c2ccccn2)CCC1. The Morgan fingerprint density at radius 1 is 1.12 bits per heavy atom. The monoisotopic (exact) mass is 335 g/mol. The summed E-state index contributed by atoms with van der Waals surface area (Å²) in [6, 6.07) is 10.8. The van der Waals surface area contributed by atoms with Crippen molar-refractivity contribution >= 4 is 0 Å². The summed E-state index contributed by atoms with van der Waals surface area (Å²) in [6.07, 6.45) is -0.989. The van der Waals surface area contributed by atoms with E-state index in [0.717, 1.165) is 25.3 Å². The maximum absolute atomic E-state index is 13.0. The van der Waals surface area contributed by atoms with Crippen LogP contribution < -0.4 is 0 Å². The molecule has 128 valence electrons. The molecule has 1 fully saturated rings. The van der Waals surface area contributed by atoms with E-state index in [0.29, 0.717) is 11.3 Å². The number of nitrogens with zero attached hydrogens (tertiary/aromatic N) is 1. The fourth-order valence-electron chi connectivity index (χ4n) is 3.68. The zero-order valence-corrected chi connectivity index (χ0v) is 13.4. The van der Waals surface area contributed by atoms with Gasteiger partial charge in [0.2, 0.25) is 0 Å². The van der Waals surface area contributed by atoms with Crippen molar-refractivity contribution in [2.24, 2.45) is 5.41 Å². The molecule has 2 nitrogen and oxygen atoms in total. The van der Waals surface area contributed by atoms with E-state index in [4.69, 9.17) is 0 Å². The van der Waals surface area contributed by atoms with Crippen molar-refractivity contribution in [2.75, 3.05) is 0 Å². The van der Waals surface area contributed by atoms with Crippen LogP contribution in [0.3, 0.4) is 0 Å².